The van der Waals surface area contributed by atoms with Gasteiger partial charge in [0.15, 0.2) is 0 Å². The SMILES string of the molecule is CC(C)S(=O)(=O)N(C)C(C)(C)CBr. The Morgan fingerprint density at radius 3 is 2.00 bits per heavy atom. The van der Waals surface area contributed by atoms with Crippen LogP contribution in [0.3, 0.4) is 0 Å². The molecule has 0 aliphatic carbocycles. The summed E-state index contributed by atoms with van der Waals surface area (Å²) in [6, 6.07) is 0. The van der Waals surface area contributed by atoms with Crippen molar-refractivity contribution in [2.45, 2.75) is 38.5 Å². The van der Waals surface area contributed by atoms with E-state index in [9.17, 15) is 8.42 Å². The number of hydrogen-bond donors (Lipinski definition) is 0. The van der Waals surface area contributed by atoms with E-state index in [1.165, 1.54) is 4.31 Å². The lowest BCUT2D eigenvalue weighted by atomic mass is 10.1. The van der Waals surface area contributed by atoms with Crippen LogP contribution < -0.4 is 0 Å². The van der Waals surface area contributed by atoms with E-state index in [2.05, 4.69) is 15.9 Å². The summed E-state index contributed by atoms with van der Waals surface area (Å²) in [6.07, 6.45) is 0. The summed E-state index contributed by atoms with van der Waals surface area (Å²) in [5.41, 5.74) is -0.372. The molecule has 0 fully saturated rings. The minimum atomic E-state index is -3.14. The molecule has 3 nitrogen and oxygen atoms in total. The molecule has 0 saturated heterocycles. The first-order valence-corrected chi connectivity index (χ1v) is 6.82. The quantitative estimate of drug-likeness (QED) is 0.732. The van der Waals surface area contributed by atoms with Crippen LogP contribution in [-0.2, 0) is 10.0 Å². The van der Waals surface area contributed by atoms with Crippen molar-refractivity contribution >= 4 is 26.0 Å². The van der Waals surface area contributed by atoms with E-state index < -0.39 is 10.0 Å². The molecule has 0 saturated carbocycles. The van der Waals surface area contributed by atoms with Gasteiger partial charge < -0.3 is 0 Å². The van der Waals surface area contributed by atoms with Crippen LogP contribution in [-0.4, -0.2) is 35.9 Å². The first-order chi connectivity index (χ1) is 5.66. The fraction of sp³-hybridized carbons (Fsp3) is 1.00. The lowest BCUT2D eigenvalue weighted by Gasteiger charge is -2.34. The highest BCUT2D eigenvalue weighted by molar-refractivity contribution is 9.09. The number of alkyl halides is 1. The molecule has 0 spiro atoms. The topological polar surface area (TPSA) is 37.4 Å². The molecule has 0 heterocycles. The zero-order valence-corrected chi connectivity index (χ0v) is 11.2. The van der Waals surface area contributed by atoms with E-state index in [4.69, 9.17) is 0 Å². The number of rotatable bonds is 4. The summed E-state index contributed by atoms with van der Waals surface area (Å²) in [5, 5.41) is 0.262. The third-order valence-corrected chi connectivity index (χ3v) is 5.98. The maximum atomic E-state index is 11.7. The molecule has 0 atom stereocenters. The van der Waals surface area contributed by atoms with Crippen LogP contribution in [0.25, 0.3) is 0 Å². The van der Waals surface area contributed by atoms with Gasteiger partial charge in [0.25, 0.3) is 0 Å². The van der Waals surface area contributed by atoms with Crippen LogP contribution in [0.4, 0.5) is 0 Å². The number of hydrogen-bond acceptors (Lipinski definition) is 2. The Bertz CT molecular complexity index is 259. The van der Waals surface area contributed by atoms with Gasteiger partial charge in [-0.05, 0) is 27.7 Å². The molecular formula is C8H18BrNO2S. The monoisotopic (exact) mass is 271 g/mol. The van der Waals surface area contributed by atoms with Gasteiger partial charge >= 0.3 is 0 Å². The van der Waals surface area contributed by atoms with Gasteiger partial charge in [-0.2, -0.15) is 4.31 Å². The molecule has 0 aromatic rings. The van der Waals surface area contributed by atoms with E-state index in [0.29, 0.717) is 5.33 Å². The largest absolute Gasteiger partial charge is 0.216 e. The lowest BCUT2D eigenvalue weighted by Crippen LogP contribution is -2.48. The van der Waals surface area contributed by atoms with Crippen molar-refractivity contribution in [1.82, 2.24) is 4.31 Å². The lowest BCUT2D eigenvalue weighted by molar-refractivity contribution is 0.297. The average molecular weight is 272 g/mol. The molecule has 0 aromatic carbocycles. The summed E-state index contributed by atoms with van der Waals surface area (Å²) < 4.78 is 24.9. The standard InChI is InChI=1S/C8H18BrNO2S/c1-7(2)13(11,12)10(5)8(3,4)6-9/h7H,6H2,1-5H3. The zero-order valence-electron chi connectivity index (χ0n) is 8.83. The van der Waals surface area contributed by atoms with Crippen molar-refractivity contribution < 1.29 is 8.42 Å². The Balaban J connectivity index is 4.91. The molecule has 0 aromatic heterocycles. The predicted octanol–water partition coefficient (Wildman–Crippen LogP) is 1.83. The summed E-state index contributed by atoms with van der Waals surface area (Å²) in [6.45, 7) is 7.16. The van der Waals surface area contributed by atoms with Crippen LogP contribution in [0, 0.1) is 0 Å². The second-order valence-electron chi connectivity index (χ2n) is 4.01. The summed E-state index contributed by atoms with van der Waals surface area (Å²) in [7, 11) is -1.52. The predicted molar refractivity (Wildman–Crippen MR) is 59.7 cm³/mol. The van der Waals surface area contributed by atoms with Gasteiger partial charge in [-0.25, -0.2) is 8.42 Å². The summed E-state index contributed by atoms with van der Waals surface area (Å²) >= 11 is 3.31. The second-order valence-corrected chi connectivity index (χ2v) is 7.09. The zero-order chi connectivity index (χ0) is 10.9. The van der Waals surface area contributed by atoms with Crippen molar-refractivity contribution in [1.29, 1.82) is 0 Å². The maximum Gasteiger partial charge on any atom is 0.216 e. The highest BCUT2D eigenvalue weighted by Gasteiger charge is 2.33. The van der Waals surface area contributed by atoms with Crippen molar-refractivity contribution in [2.24, 2.45) is 0 Å². The van der Waals surface area contributed by atoms with Crippen LogP contribution in [0.15, 0.2) is 0 Å². The molecular weight excluding hydrogens is 254 g/mol. The maximum absolute atomic E-state index is 11.7. The van der Waals surface area contributed by atoms with Crippen LogP contribution in [0.5, 0.6) is 0 Å². The van der Waals surface area contributed by atoms with Crippen molar-refractivity contribution in [3.63, 3.8) is 0 Å². The molecule has 0 rings (SSSR count). The van der Waals surface area contributed by atoms with Crippen molar-refractivity contribution in [3.05, 3.63) is 0 Å². The van der Waals surface area contributed by atoms with Gasteiger partial charge in [0.1, 0.15) is 0 Å². The number of halogens is 1. The van der Waals surface area contributed by atoms with Gasteiger partial charge in [0.2, 0.25) is 10.0 Å². The van der Waals surface area contributed by atoms with E-state index in [1.54, 1.807) is 20.9 Å². The van der Waals surface area contributed by atoms with Crippen LogP contribution in [0.1, 0.15) is 27.7 Å². The molecule has 0 amide bonds. The molecule has 0 unspecified atom stereocenters. The molecule has 13 heavy (non-hydrogen) atoms. The van der Waals surface area contributed by atoms with E-state index in [-0.39, 0.29) is 10.8 Å². The normalized spacial score (nSPS) is 14.2. The van der Waals surface area contributed by atoms with Crippen molar-refractivity contribution in [2.75, 3.05) is 12.4 Å². The molecule has 0 N–H and O–H groups in total. The van der Waals surface area contributed by atoms with E-state index in [0.717, 1.165) is 0 Å². The van der Waals surface area contributed by atoms with Gasteiger partial charge in [-0.3, -0.25) is 0 Å². The Kier molecular flexibility index (Phi) is 4.40. The van der Waals surface area contributed by atoms with Gasteiger partial charge in [0, 0.05) is 17.9 Å². The van der Waals surface area contributed by atoms with Gasteiger partial charge in [-0.15, -0.1) is 0 Å². The van der Waals surface area contributed by atoms with E-state index >= 15 is 0 Å². The van der Waals surface area contributed by atoms with Crippen LogP contribution in [0.2, 0.25) is 0 Å². The minimum Gasteiger partial charge on any atom is -0.212 e. The first-order valence-electron chi connectivity index (χ1n) is 4.20. The Hall–Kier alpha value is 0.390. The van der Waals surface area contributed by atoms with Crippen LogP contribution >= 0.6 is 15.9 Å². The average Bonchev–Trinajstić information content (AvgIpc) is 2.02. The second kappa shape index (κ2) is 4.28. The fourth-order valence-electron chi connectivity index (χ4n) is 0.745. The fourth-order valence-corrected chi connectivity index (χ4v) is 2.67. The third kappa shape index (κ3) is 2.92. The molecule has 0 bridgehead atoms. The summed E-state index contributed by atoms with van der Waals surface area (Å²) in [4.78, 5) is 0. The van der Waals surface area contributed by atoms with Crippen molar-refractivity contribution in [3.8, 4) is 0 Å². The minimum absolute atomic E-state index is 0.365. The molecule has 0 radical (unpaired) electrons. The number of nitrogens with zero attached hydrogens (tertiary/aromatic N) is 1. The smallest absolute Gasteiger partial charge is 0.212 e. The Morgan fingerprint density at radius 1 is 1.38 bits per heavy atom. The number of sulfonamides is 1. The Labute approximate surface area is 89.7 Å². The molecule has 5 heteroatoms. The van der Waals surface area contributed by atoms with Gasteiger partial charge in [0.05, 0.1) is 5.25 Å². The third-order valence-electron chi connectivity index (χ3n) is 2.16. The molecule has 0 aliphatic rings. The van der Waals surface area contributed by atoms with E-state index in [1.807, 2.05) is 13.8 Å². The Morgan fingerprint density at radius 2 is 1.77 bits per heavy atom. The summed E-state index contributed by atoms with van der Waals surface area (Å²) in [5.74, 6) is 0. The highest BCUT2D eigenvalue weighted by atomic mass is 79.9. The first kappa shape index (κ1) is 13.4. The molecule has 80 valence electrons. The van der Waals surface area contributed by atoms with Gasteiger partial charge in [-0.1, -0.05) is 15.9 Å². The molecule has 0 aliphatic heterocycles. The highest BCUT2D eigenvalue weighted by Crippen LogP contribution is 2.21.